The highest BCUT2D eigenvalue weighted by Gasteiger charge is 2.30. The second-order valence-electron chi connectivity index (χ2n) is 6.47. The molecule has 0 saturated carbocycles. The minimum absolute atomic E-state index is 0.113. The number of hydrogen-bond acceptors (Lipinski definition) is 2. The topological polar surface area (TPSA) is 26.3 Å². The van der Waals surface area contributed by atoms with Crippen molar-refractivity contribution in [2.24, 2.45) is 5.92 Å². The molecule has 0 N–H and O–H groups in total. The molecule has 0 spiro atoms. The monoisotopic (exact) mass is 326 g/mol. The predicted octanol–water partition coefficient (Wildman–Crippen LogP) is 5.32. The van der Waals surface area contributed by atoms with Gasteiger partial charge in [0.2, 0.25) is 0 Å². The first-order chi connectivity index (χ1) is 11.6. The van der Waals surface area contributed by atoms with Crippen LogP contribution < -0.4 is 4.74 Å². The maximum atomic E-state index is 14.9. The average molecular weight is 326 g/mol. The summed E-state index contributed by atoms with van der Waals surface area (Å²) in [7, 11) is 0. The SMILES string of the molecule is CCCc1ccc(-c2ccc3c(c2F)OC(=O)C(CCC)C3)cc1. The fourth-order valence-electron chi connectivity index (χ4n) is 3.33. The second-order valence-corrected chi connectivity index (χ2v) is 6.47. The predicted molar refractivity (Wildman–Crippen MR) is 93.6 cm³/mol. The summed E-state index contributed by atoms with van der Waals surface area (Å²) < 4.78 is 20.2. The molecule has 2 aromatic carbocycles. The quantitative estimate of drug-likeness (QED) is 0.549. The lowest BCUT2D eigenvalue weighted by molar-refractivity contribution is -0.140. The summed E-state index contributed by atoms with van der Waals surface area (Å²) in [6.07, 6.45) is 4.36. The van der Waals surface area contributed by atoms with E-state index in [9.17, 15) is 9.18 Å². The average Bonchev–Trinajstić information content (AvgIpc) is 2.58. The van der Waals surface area contributed by atoms with E-state index in [1.807, 2.05) is 37.3 Å². The van der Waals surface area contributed by atoms with Crippen LogP contribution in [0.2, 0.25) is 0 Å². The van der Waals surface area contributed by atoms with Crippen LogP contribution >= 0.6 is 0 Å². The fraction of sp³-hybridized carbons (Fsp3) is 0.381. The molecule has 0 aliphatic carbocycles. The Kier molecular flexibility index (Phi) is 4.98. The van der Waals surface area contributed by atoms with Gasteiger partial charge >= 0.3 is 5.97 Å². The first-order valence-electron chi connectivity index (χ1n) is 8.76. The minimum Gasteiger partial charge on any atom is -0.423 e. The molecule has 24 heavy (non-hydrogen) atoms. The van der Waals surface area contributed by atoms with E-state index in [0.717, 1.165) is 36.8 Å². The minimum atomic E-state index is -0.431. The smallest absolute Gasteiger partial charge is 0.314 e. The van der Waals surface area contributed by atoms with Gasteiger partial charge in [0.05, 0.1) is 5.92 Å². The molecule has 1 aliphatic heterocycles. The van der Waals surface area contributed by atoms with Crippen LogP contribution in [-0.2, 0) is 17.6 Å². The number of benzene rings is 2. The molecule has 1 aliphatic rings. The van der Waals surface area contributed by atoms with Crippen LogP contribution in [0.25, 0.3) is 11.1 Å². The van der Waals surface area contributed by atoms with E-state index in [2.05, 4.69) is 6.92 Å². The van der Waals surface area contributed by atoms with E-state index in [1.54, 1.807) is 6.07 Å². The van der Waals surface area contributed by atoms with E-state index >= 15 is 0 Å². The number of fused-ring (bicyclic) bond motifs is 1. The van der Waals surface area contributed by atoms with Gasteiger partial charge < -0.3 is 4.74 Å². The third kappa shape index (κ3) is 3.21. The molecule has 1 heterocycles. The number of aryl methyl sites for hydroxylation is 1. The van der Waals surface area contributed by atoms with Gasteiger partial charge in [0.25, 0.3) is 0 Å². The normalized spacial score (nSPS) is 16.6. The van der Waals surface area contributed by atoms with Crippen molar-refractivity contribution in [3.05, 3.63) is 53.3 Å². The number of halogens is 1. The fourth-order valence-corrected chi connectivity index (χ4v) is 3.33. The van der Waals surface area contributed by atoms with Gasteiger partial charge in [-0.05, 0) is 36.0 Å². The van der Waals surface area contributed by atoms with Crippen molar-refractivity contribution >= 4 is 5.97 Å². The van der Waals surface area contributed by atoms with Crippen molar-refractivity contribution in [2.75, 3.05) is 0 Å². The summed E-state index contributed by atoms with van der Waals surface area (Å²) in [5.74, 6) is -0.777. The molecule has 2 aromatic rings. The van der Waals surface area contributed by atoms with E-state index in [-0.39, 0.29) is 17.6 Å². The highest BCUT2D eigenvalue weighted by molar-refractivity contribution is 5.79. The van der Waals surface area contributed by atoms with Crippen molar-refractivity contribution in [2.45, 2.75) is 46.0 Å². The van der Waals surface area contributed by atoms with Crippen molar-refractivity contribution in [3.8, 4) is 16.9 Å². The Morgan fingerprint density at radius 3 is 2.50 bits per heavy atom. The van der Waals surface area contributed by atoms with Gasteiger partial charge in [-0.3, -0.25) is 4.79 Å². The molecular weight excluding hydrogens is 303 g/mol. The van der Waals surface area contributed by atoms with Crippen molar-refractivity contribution in [3.63, 3.8) is 0 Å². The van der Waals surface area contributed by atoms with Crippen LogP contribution in [0.5, 0.6) is 5.75 Å². The number of esters is 1. The van der Waals surface area contributed by atoms with Crippen LogP contribution in [0.1, 0.15) is 44.2 Å². The number of hydrogen-bond donors (Lipinski definition) is 0. The lowest BCUT2D eigenvalue weighted by Crippen LogP contribution is -2.28. The molecule has 0 aromatic heterocycles. The van der Waals surface area contributed by atoms with Crippen LogP contribution in [0.15, 0.2) is 36.4 Å². The van der Waals surface area contributed by atoms with Gasteiger partial charge in [-0.15, -0.1) is 0 Å². The maximum Gasteiger partial charge on any atom is 0.314 e. The third-order valence-electron chi connectivity index (χ3n) is 4.62. The third-order valence-corrected chi connectivity index (χ3v) is 4.62. The number of carbonyl (C=O) groups excluding carboxylic acids is 1. The molecule has 1 atom stereocenters. The van der Waals surface area contributed by atoms with Gasteiger partial charge in [-0.2, -0.15) is 0 Å². The van der Waals surface area contributed by atoms with Crippen LogP contribution in [0, 0.1) is 11.7 Å². The summed E-state index contributed by atoms with van der Waals surface area (Å²) in [5.41, 5.74) is 3.32. The zero-order chi connectivity index (χ0) is 17.1. The highest BCUT2D eigenvalue weighted by Crippen LogP contribution is 2.37. The zero-order valence-corrected chi connectivity index (χ0v) is 14.3. The molecule has 2 nitrogen and oxygen atoms in total. The molecule has 0 fully saturated rings. The van der Waals surface area contributed by atoms with Gasteiger partial charge in [0.1, 0.15) is 0 Å². The molecule has 126 valence electrons. The Labute approximate surface area is 142 Å². The zero-order valence-electron chi connectivity index (χ0n) is 14.3. The summed E-state index contributed by atoms with van der Waals surface area (Å²) in [6.45, 7) is 4.17. The summed E-state index contributed by atoms with van der Waals surface area (Å²) >= 11 is 0. The van der Waals surface area contributed by atoms with Crippen molar-refractivity contribution in [1.29, 1.82) is 0 Å². The van der Waals surface area contributed by atoms with Gasteiger partial charge in [0.15, 0.2) is 11.6 Å². The van der Waals surface area contributed by atoms with Crippen LogP contribution in [-0.4, -0.2) is 5.97 Å². The lowest BCUT2D eigenvalue weighted by atomic mass is 9.90. The first-order valence-corrected chi connectivity index (χ1v) is 8.76. The Morgan fingerprint density at radius 2 is 1.83 bits per heavy atom. The molecular formula is C21H23FO2. The second kappa shape index (κ2) is 7.16. The van der Waals surface area contributed by atoms with Gasteiger partial charge in [0, 0.05) is 5.56 Å². The number of rotatable bonds is 5. The van der Waals surface area contributed by atoms with Gasteiger partial charge in [-0.25, -0.2) is 4.39 Å². The summed E-state index contributed by atoms with van der Waals surface area (Å²) in [5, 5.41) is 0. The number of ether oxygens (including phenoxy) is 1. The van der Waals surface area contributed by atoms with E-state index < -0.39 is 5.82 Å². The molecule has 0 saturated heterocycles. The van der Waals surface area contributed by atoms with E-state index in [4.69, 9.17) is 4.74 Å². The molecule has 0 radical (unpaired) electrons. The summed E-state index contributed by atoms with van der Waals surface area (Å²) in [6, 6.07) is 11.6. The maximum absolute atomic E-state index is 14.9. The molecule has 3 rings (SSSR count). The molecule has 1 unspecified atom stereocenters. The highest BCUT2D eigenvalue weighted by atomic mass is 19.1. The Balaban J connectivity index is 1.92. The van der Waals surface area contributed by atoms with Crippen LogP contribution in [0.3, 0.4) is 0 Å². The standard InChI is InChI=1S/C21H23FO2/c1-3-5-14-7-9-15(10-8-14)18-12-11-16-13-17(6-4-2)21(23)24-20(16)19(18)22/h7-12,17H,3-6,13H2,1-2H3. The largest absolute Gasteiger partial charge is 0.423 e. The lowest BCUT2D eigenvalue weighted by Gasteiger charge is -2.24. The number of carbonyl (C=O) groups is 1. The van der Waals surface area contributed by atoms with E-state index in [1.165, 1.54) is 5.56 Å². The Hall–Kier alpha value is -2.16. The Morgan fingerprint density at radius 1 is 1.08 bits per heavy atom. The van der Waals surface area contributed by atoms with Crippen molar-refractivity contribution < 1.29 is 13.9 Å². The van der Waals surface area contributed by atoms with Crippen LogP contribution in [0.4, 0.5) is 4.39 Å². The molecule has 0 amide bonds. The summed E-state index contributed by atoms with van der Waals surface area (Å²) in [4.78, 5) is 12.1. The first kappa shape index (κ1) is 16.7. The van der Waals surface area contributed by atoms with Crippen molar-refractivity contribution in [1.82, 2.24) is 0 Å². The Bertz CT molecular complexity index is 734. The van der Waals surface area contributed by atoms with E-state index in [0.29, 0.717) is 12.0 Å². The molecule has 0 bridgehead atoms. The molecule has 3 heteroatoms. The van der Waals surface area contributed by atoms with Gasteiger partial charge in [-0.1, -0.05) is 63.1 Å².